The Morgan fingerprint density at radius 1 is 1.19 bits per heavy atom. The van der Waals surface area contributed by atoms with Crippen molar-refractivity contribution in [2.24, 2.45) is 11.8 Å². The maximum Gasteiger partial charge on any atom is 0.303 e. The normalized spacial score (nSPS) is 34.8. The Morgan fingerprint density at radius 3 is 2.06 bits per heavy atom. The number of halogens is 1. The fourth-order valence-corrected chi connectivity index (χ4v) is 2.09. The Balaban J connectivity index is 2.80. The molecule has 0 radical (unpaired) electrons. The first kappa shape index (κ1) is 13.4. The Kier molecular flexibility index (Phi) is 4.30. The topological polar surface area (TPSA) is 35.5 Å². The molecular formula is C12H21FO3. The van der Waals surface area contributed by atoms with Crippen LogP contribution in [-0.2, 0) is 14.3 Å². The van der Waals surface area contributed by atoms with E-state index in [9.17, 15) is 9.18 Å². The average Bonchev–Trinajstić information content (AvgIpc) is 2.43. The third kappa shape index (κ3) is 2.73. The van der Waals surface area contributed by atoms with E-state index in [2.05, 4.69) is 0 Å². The van der Waals surface area contributed by atoms with Crippen LogP contribution in [0.15, 0.2) is 0 Å². The van der Waals surface area contributed by atoms with Gasteiger partial charge in [-0.05, 0) is 11.8 Å². The van der Waals surface area contributed by atoms with E-state index in [1.165, 1.54) is 6.92 Å². The van der Waals surface area contributed by atoms with Gasteiger partial charge in [0.25, 0.3) is 0 Å². The number of esters is 1. The maximum absolute atomic E-state index is 14.1. The Labute approximate surface area is 96.3 Å². The van der Waals surface area contributed by atoms with E-state index in [0.717, 1.165) is 0 Å². The van der Waals surface area contributed by atoms with Crippen LogP contribution in [0.2, 0.25) is 0 Å². The molecule has 1 aliphatic heterocycles. The van der Waals surface area contributed by atoms with Crippen LogP contribution in [0.3, 0.4) is 0 Å². The van der Waals surface area contributed by atoms with E-state index in [-0.39, 0.29) is 17.9 Å². The van der Waals surface area contributed by atoms with Gasteiger partial charge < -0.3 is 9.47 Å². The van der Waals surface area contributed by atoms with Crippen molar-refractivity contribution in [1.29, 1.82) is 0 Å². The molecule has 4 atom stereocenters. The zero-order valence-corrected chi connectivity index (χ0v) is 10.6. The van der Waals surface area contributed by atoms with Crippen LogP contribution in [-0.4, -0.2) is 30.5 Å². The summed E-state index contributed by atoms with van der Waals surface area (Å²) in [5.41, 5.74) is 0. The Morgan fingerprint density at radius 2 is 1.69 bits per heavy atom. The maximum atomic E-state index is 14.1. The molecule has 4 heteroatoms. The van der Waals surface area contributed by atoms with Gasteiger partial charge in [0.2, 0.25) is 0 Å². The molecule has 1 rings (SSSR count). The average molecular weight is 232 g/mol. The second-order valence-corrected chi connectivity index (χ2v) is 5.07. The summed E-state index contributed by atoms with van der Waals surface area (Å²) in [6.07, 6.45) is -2.80. The van der Waals surface area contributed by atoms with Crippen LogP contribution in [0.5, 0.6) is 0 Å². The van der Waals surface area contributed by atoms with Gasteiger partial charge in [0.15, 0.2) is 12.3 Å². The molecule has 3 nitrogen and oxygen atoms in total. The molecule has 94 valence electrons. The molecule has 1 saturated heterocycles. The van der Waals surface area contributed by atoms with Gasteiger partial charge in [-0.3, -0.25) is 4.79 Å². The molecule has 0 N–H and O–H groups in total. The quantitative estimate of drug-likeness (QED) is 0.701. The fraction of sp³-hybridized carbons (Fsp3) is 0.917. The van der Waals surface area contributed by atoms with Gasteiger partial charge in [0.05, 0.1) is 6.10 Å². The highest BCUT2D eigenvalue weighted by Gasteiger charge is 2.49. The number of ether oxygens (including phenoxy) is 2. The molecule has 0 aliphatic carbocycles. The third-order valence-electron chi connectivity index (χ3n) is 2.88. The number of carbonyl (C=O) groups excluding carboxylic acids is 1. The molecule has 0 bridgehead atoms. The molecule has 0 unspecified atom stereocenters. The van der Waals surface area contributed by atoms with Gasteiger partial charge in [-0.2, -0.15) is 0 Å². The van der Waals surface area contributed by atoms with Gasteiger partial charge in [-0.15, -0.1) is 0 Å². The van der Waals surface area contributed by atoms with Crippen molar-refractivity contribution in [2.45, 2.75) is 59.1 Å². The van der Waals surface area contributed by atoms with Crippen LogP contribution in [0.1, 0.15) is 34.6 Å². The standard InChI is InChI=1S/C12H21FO3/c1-6(2)10-9(13)12(15-8(5)14)11(16-10)7(3)4/h6-7,9-12H,1-5H3/t9-,10+,11-,12-/m0/s1. The van der Waals surface area contributed by atoms with Crippen molar-refractivity contribution in [1.82, 2.24) is 0 Å². The van der Waals surface area contributed by atoms with E-state index in [4.69, 9.17) is 9.47 Å². The summed E-state index contributed by atoms with van der Waals surface area (Å²) >= 11 is 0. The van der Waals surface area contributed by atoms with Crippen LogP contribution in [0, 0.1) is 11.8 Å². The van der Waals surface area contributed by atoms with Crippen molar-refractivity contribution < 1.29 is 18.7 Å². The first-order chi connectivity index (χ1) is 7.34. The smallest absolute Gasteiger partial charge is 0.303 e. The van der Waals surface area contributed by atoms with Crippen molar-refractivity contribution >= 4 is 5.97 Å². The molecule has 1 aliphatic rings. The van der Waals surface area contributed by atoms with Gasteiger partial charge >= 0.3 is 5.97 Å². The summed E-state index contributed by atoms with van der Waals surface area (Å²) in [5, 5.41) is 0. The van der Waals surface area contributed by atoms with E-state index >= 15 is 0 Å². The van der Waals surface area contributed by atoms with Crippen molar-refractivity contribution in [2.75, 3.05) is 0 Å². The molecule has 0 aromatic rings. The van der Waals surface area contributed by atoms with Crippen LogP contribution >= 0.6 is 0 Å². The summed E-state index contributed by atoms with van der Waals surface area (Å²) in [7, 11) is 0. The summed E-state index contributed by atoms with van der Waals surface area (Å²) in [5.74, 6) is -0.241. The highest BCUT2D eigenvalue weighted by molar-refractivity contribution is 5.66. The fourth-order valence-electron chi connectivity index (χ4n) is 2.09. The number of carbonyl (C=O) groups is 1. The minimum atomic E-state index is -1.23. The molecule has 0 saturated carbocycles. The van der Waals surface area contributed by atoms with Gasteiger partial charge in [-0.25, -0.2) is 4.39 Å². The van der Waals surface area contributed by atoms with Gasteiger partial charge in [0, 0.05) is 6.92 Å². The lowest BCUT2D eigenvalue weighted by atomic mass is 9.96. The summed E-state index contributed by atoms with van der Waals surface area (Å²) < 4.78 is 24.8. The van der Waals surface area contributed by atoms with Crippen LogP contribution < -0.4 is 0 Å². The van der Waals surface area contributed by atoms with Crippen molar-refractivity contribution in [3.63, 3.8) is 0 Å². The summed E-state index contributed by atoms with van der Waals surface area (Å²) in [6.45, 7) is 9.00. The highest BCUT2D eigenvalue weighted by atomic mass is 19.1. The lowest BCUT2D eigenvalue weighted by Crippen LogP contribution is -2.36. The molecule has 16 heavy (non-hydrogen) atoms. The number of hydrogen-bond acceptors (Lipinski definition) is 3. The van der Waals surface area contributed by atoms with Crippen LogP contribution in [0.25, 0.3) is 0 Å². The van der Waals surface area contributed by atoms with Crippen molar-refractivity contribution in [3.05, 3.63) is 0 Å². The molecule has 1 heterocycles. The SMILES string of the molecule is CC(=O)O[C@H]1[C@@H](F)[C@@H](C(C)C)O[C@H]1C(C)C. The van der Waals surface area contributed by atoms with Gasteiger partial charge in [-0.1, -0.05) is 27.7 Å². The van der Waals surface area contributed by atoms with E-state index in [1.54, 1.807) is 0 Å². The van der Waals surface area contributed by atoms with Crippen LogP contribution in [0.4, 0.5) is 4.39 Å². The minimum absolute atomic E-state index is 0.0804. The zero-order valence-electron chi connectivity index (χ0n) is 10.6. The Bertz CT molecular complexity index is 253. The zero-order chi connectivity index (χ0) is 12.5. The Hall–Kier alpha value is -0.640. The molecule has 0 aromatic heterocycles. The molecule has 0 amide bonds. The monoisotopic (exact) mass is 232 g/mol. The molecule has 0 aromatic carbocycles. The molecule has 1 fully saturated rings. The minimum Gasteiger partial charge on any atom is -0.457 e. The molecular weight excluding hydrogens is 211 g/mol. The predicted molar refractivity (Wildman–Crippen MR) is 58.8 cm³/mol. The van der Waals surface area contributed by atoms with E-state index in [0.29, 0.717) is 0 Å². The first-order valence-electron chi connectivity index (χ1n) is 5.81. The van der Waals surface area contributed by atoms with Gasteiger partial charge in [0.1, 0.15) is 6.10 Å². The number of rotatable bonds is 3. The largest absolute Gasteiger partial charge is 0.457 e. The second-order valence-electron chi connectivity index (χ2n) is 5.07. The highest BCUT2D eigenvalue weighted by Crippen LogP contribution is 2.34. The molecule has 0 spiro atoms. The summed E-state index contributed by atoms with van der Waals surface area (Å²) in [4.78, 5) is 10.9. The van der Waals surface area contributed by atoms with E-state index < -0.39 is 24.3 Å². The van der Waals surface area contributed by atoms with Crippen molar-refractivity contribution in [3.8, 4) is 0 Å². The first-order valence-corrected chi connectivity index (χ1v) is 5.81. The lowest BCUT2D eigenvalue weighted by molar-refractivity contribution is -0.152. The van der Waals surface area contributed by atoms with E-state index in [1.807, 2.05) is 27.7 Å². The second kappa shape index (κ2) is 5.13. The number of alkyl halides is 1. The number of hydrogen-bond donors (Lipinski definition) is 0. The summed E-state index contributed by atoms with van der Waals surface area (Å²) in [6, 6.07) is 0. The third-order valence-corrected chi connectivity index (χ3v) is 2.88. The lowest BCUT2D eigenvalue weighted by Gasteiger charge is -2.21. The predicted octanol–water partition coefficient (Wildman–Crippen LogP) is 2.34.